The second-order valence-corrected chi connectivity index (χ2v) is 3.28. The Morgan fingerprint density at radius 2 is 1.56 bits per heavy atom. The molecule has 0 spiro atoms. The van der Waals surface area contributed by atoms with E-state index in [0.29, 0.717) is 5.75 Å². The number of hydrogen-bond acceptors (Lipinski definition) is 4. The Kier molecular flexibility index (Phi) is 6.72. The fraction of sp³-hybridized carbons (Fsp3) is 0.455. The minimum absolute atomic E-state index is 0. The van der Waals surface area contributed by atoms with E-state index < -0.39 is 12.5 Å². The van der Waals surface area contributed by atoms with Crippen molar-refractivity contribution >= 4 is 12.4 Å². The summed E-state index contributed by atoms with van der Waals surface area (Å²) >= 11 is 0. The highest BCUT2D eigenvalue weighted by Gasteiger charge is 2.25. The van der Waals surface area contributed by atoms with E-state index in [2.05, 4.69) is 0 Å². The van der Waals surface area contributed by atoms with Gasteiger partial charge >= 0.3 is 0 Å². The Bertz CT molecular complexity index is 391. The molecule has 0 fully saturated rings. The van der Waals surface area contributed by atoms with Gasteiger partial charge in [-0.15, -0.1) is 12.4 Å². The minimum atomic E-state index is -2.68. The lowest BCUT2D eigenvalue weighted by molar-refractivity contribution is 0.115. The number of methoxy groups -OCH3 is 3. The second kappa shape index (κ2) is 7.23. The Morgan fingerprint density at radius 3 is 1.94 bits per heavy atom. The number of ether oxygens (including phenoxy) is 3. The van der Waals surface area contributed by atoms with Crippen molar-refractivity contribution < 1.29 is 23.0 Å². The monoisotopic (exact) mass is 283 g/mol. The maximum Gasteiger partial charge on any atom is 0.257 e. The summed E-state index contributed by atoms with van der Waals surface area (Å²) in [5.74, 6) is 0.817. The zero-order valence-electron chi connectivity index (χ0n) is 10.3. The lowest BCUT2D eigenvalue weighted by Gasteiger charge is -2.19. The molecule has 0 aliphatic rings. The number of benzene rings is 1. The average molecular weight is 284 g/mol. The van der Waals surface area contributed by atoms with Crippen LogP contribution in [-0.2, 0) is 0 Å². The first kappa shape index (κ1) is 16.7. The van der Waals surface area contributed by atoms with E-state index in [1.54, 1.807) is 0 Å². The number of alkyl halides is 2. The topological polar surface area (TPSA) is 53.7 Å². The van der Waals surface area contributed by atoms with Gasteiger partial charge in [-0.25, -0.2) is 8.78 Å². The van der Waals surface area contributed by atoms with Gasteiger partial charge in [0.25, 0.3) is 6.43 Å². The molecule has 1 aromatic carbocycles. The van der Waals surface area contributed by atoms with Crippen LogP contribution < -0.4 is 19.9 Å². The number of halogens is 3. The predicted octanol–water partition coefficient (Wildman–Crippen LogP) is 2.40. The Labute approximate surface area is 110 Å². The highest BCUT2D eigenvalue weighted by atomic mass is 35.5. The van der Waals surface area contributed by atoms with Gasteiger partial charge in [0.2, 0.25) is 5.75 Å². The third kappa shape index (κ3) is 3.14. The third-order valence-corrected chi connectivity index (χ3v) is 2.37. The molecule has 1 atom stereocenters. The van der Waals surface area contributed by atoms with Crippen molar-refractivity contribution in [1.29, 1.82) is 0 Å². The molecule has 0 amide bonds. The molecule has 7 heteroatoms. The number of hydrogen-bond donors (Lipinski definition) is 1. The van der Waals surface area contributed by atoms with Gasteiger partial charge in [-0.3, -0.25) is 0 Å². The first-order chi connectivity index (χ1) is 8.06. The standard InChI is InChI=1S/C11H15F2NO3.ClH/c1-15-7-5-4-6(8(14)11(12)13)9(16-2)10(7)17-3;/h4-5,8,11H,14H2,1-3H3;1H/t8-;/m0./s1. The molecule has 0 heterocycles. The van der Waals surface area contributed by atoms with Crippen molar-refractivity contribution in [3.8, 4) is 17.2 Å². The zero-order valence-corrected chi connectivity index (χ0v) is 11.1. The molecule has 104 valence electrons. The molecular formula is C11H16ClF2NO3. The summed E-state index contributed by atoms with van der Waals surface area (Å²) < 4.78 is 40.4. The smallest absolute Gasteiger partial charge is 0.257 e. The van der Waals surface area contributed by atoms with Crippen LogP contribution in [0.3, 0.4) is 0 Å². The van der Waals surface area contributed by atoms with Crippen molar-refractivity contribution in [2.24, 2.45) is 5.73 Å². The molecule has 0 unspecified atom stereocenters. The van der Waals surface area contributed by atoms with Crippen molar-refractivity contribution in [3.63, 3.8) is 0 Å². The Hall–Kier alpha value is -1.27. The van der Waals surface area contributed by atoms with Crippen molar-refractivity contribution in [3.05, 3.63) is 17.7 Å². The van der Waals surface area contributed by atoms with Gasteiger partial charge < -0.3 is 19.9 Å². The van der Waals surface area contributed by atoms with E-state index in [9.17, 15) is 8.78 Å². The molecule has 0 radical (unpaired) electrons. The van der Waals surface area contributed by atoms with Gasteiger partial charge in [0.1, 0.15) is 0 Å². The molecular weight excluding hydrogens is 268 g/mol. The van der Waals surface area contributed by atoms with Gasteiger partial charge in [0.05, 0.1) is 27.4 Å². The molecule has 0 saturated heterocycles. The summed E-state index contributed by atoms with van der Waals surface area (Å²) in [6, 6.07) is 1.53. The largest absolute Gasteiger partial charge is 0.493 e. The van der Waals surface area contributed by atoms with E-state index in [-0.39, 0.29) is 29.5 Å². The Balaban J connectivity index is 0.00000289. The van der Waals surface area contributed by atoms with Gasteiger partial charge in [0, 0.05) is 5.56 Å². The maximum absolute atomic E-state index is 12.6. The SMILES string of the molecule is COc1ccc([C@H](N)C(F)F)c(OC)c1OC.Cl. The lowest BCUT2D eigenvalue weighted by atomic mass is 10.1. The van der Waals surface area contributed by atoms with Crippen LogP contribution in [0.15, 0.2) is 12.1 Å². The van der Waals surface area contributed by atoms with Crippen LogP contribution in [0.2, 0.25) is 0 Å². The molecule has 0 bridgehead atoms. The van der Waals surface area contributed by atoms with Crippen molar-refractivity contribution in [2.75, 3.05) is 21.3 Å². The fourth-order valence-corrected chi connectivity index (χ4v) is 1.52. The second-order valence-electron chi connectivity index (χ2n) is 3.28. The summed E-state index contributed by atoms with van der Waals surface area (Å²) in [5, 5.41) is 0. The van der Waals surface area contributed by atoms with Gasteiger partial charge in [-0.05, 0) is 12.1 Å². The molecule has 0 aliphatic carbocycles. The van der Waals surface area contributed by atoms with E-state index in [4.69, 9.17) is 19.9 Å². The average Bonchev–Trinajstić information content (AvgIpc) is 2.35. The van der Waals surface area contributed by atoms with Gasteiger partial charge in [-0.1, -0.05) is 0 Å². The first-order valence-electron chi connectivity index (χ1n) is 4.89. The molecule has 1 aromatic rings. The summed E-state index contributed by atoms with van der Waals surface area (Å²) in [6.45, 7) is 0. The summed E-state index contributed by atoms with van der Waals surface area (Å²) in [6.07, 6.45) is -2.68. The van der Waals surface area contributed by atoms with Gasteiger partial charge in [0.15, 0.2) is 11.5 Å². The molecule has 0 saturated carbocycles. The van der Waals surface area contributed by atoms with Crippen LogP contribution in [0.25, 0.3) is 0 Å². The zero-order chi connectivity index (χ0) is 13.0. The molecule has 1 rings (SSSR count). The van der Waals surface area contributed by atoms with Crippen molar-refractivity contribution in [1.82, 2.24) is 0 Å². The fourth-order valence-electron chi connectivity index (χ4n) is 1.52. The summed E-state index contributed by atoms with van der Waals surface area (Å²) in [7, 11) is 4.21. The maximum atomic E-state index is 12.6. The van der Waals surface area contributed by atoms with Crippen LogP contribution in [0.4, 0.5) is 8.78 Å². The van der Waals surface area contributed by atoms with Crippen LogP contribution in [0, 0.1) is 0 Å². The third-order valence-electron chi connectivity index (χ3n) is 2.37. The highest BCUT2D eigenvalue weighted by molar-refractivity contribution is 5.85. The van der Waals surface area contributed by atoms with Gasteiger partial charge in [-0.2, -0.15) is 0 Å². The van der Waals surface area contributed by atoms with Crippen LogP contribution >= 0.6 is 12.4 Å². The Morgan fingerprint density at radius 1 is 1.00 bits per heavy atom. The quantitative estimate of drug-likeness (QED) is 0.901. The van der Waals surface area contributed by atoms with Crippen molar-refractivity contribution in [2.45, 2.75) is 12.5 Å². The van der Waals surface area contributed by atoms with E-state index >= 15 is 0 Å². The van der Waals surface area contributed by atoms with E-state index in [1.165, 1.54) is 33.5 Å². The first-order valence-corrected chi connectivity index (χ1v) is 4.89. The molecule has 2 N–H and O–H groups in total. The minimum Gasteiger partial charge on any atom is -0.493 e. The highest BCUT2D eigenvalue weighted by Crippen LogP contribution is 2.42. The van der Waals surface area contributed by atoms with E-state index in [0.717, 1.165) is 0 Å². The molecule has 4 nitrogen and oxygen atoms in total. The molecule has 0 aliphatic heterocycles. The normalized spacial score (nSPS) is 11.7. The van der Waals surface area contributed by atoms with E-state index in [1.807, 2.05) is 0 Å². The predicted molar refractivity (Wildman–Crippen MR) is 66.3 cm³/mol. The van der Waals surface area contributed by atoms with Crippen LogP contribution in [0.1, 0.15) is 11.6 Å². The molecule has 0 aromatic heterocycles. The number of rotatable bonds is 5. The summed E-state index contributed by atoms with van der Waals surface area (Å²) in [5.41, 5.74) is 5.58. The van der Waals surface area contributed by atoms with Crippen LogP contribution in [0.5, 0.6) is 17.2 Å². The number of nitrogens with two attached hydrogens (primary N) is 1. The lowest BCUT2D eigenvalue weighted by Crippen LogP contribution is -2.20. The summed E-state index contributed by atoms with van der Waals surface area (Å²) in [4.78, 5) is 0. The van der Waals surface area contributed by atoms with Crippen LogP contribution in [-0.4, -0.2) is 27.8 Å². The molecule has 18 heavy (non-hydrogen) atoms.